The zero-order chi connectivity index (χ0) is 75.4. The number of fused-ring (bicyclic) bond motifs is 1. The standard InChI is InChI=1S/C71H127N13O15/c1-25-51-67(92)77(19)49(17)66(91)82(24)58(50(18)98-34-27-26-31-83-32-35-97-36-33-83)63(88)76-56(43(8)9)70(95)78(20)52(37-40(2)3)62(87)73-47(15)61(86)74-48(16)65(90)79(21)53(38-41(4)5)68(93)80(22)54(39-42(6)7)69(94)81(23)57(44(10)11)71(96)84-59(64(89)75-51)60(99-84)46(14)29-28-30-55(85)72-45(12)13/h40-54,56-60H,25-39H2,1-24H3,(H,72,85)(H,73,87)(H,74,86)(H,75,89)(H,76,88)/t46-,47+,48-,49-,50-,51+,52+,53+,54+,56+,57+,58+,59+,60-/m1/s1. The van der Waals surface area contributed by atoms with E-state index in [2.05, 4.69) is 31.5 Å². The molecule has 0 aromatic rings. The molecule has 3 aliphatic rings. The number of hydroxylamine groups is 2. The van der Waals surface area contributed by atoms with E-state index in [0.717, 1.165) is 31.1 Å². The average molecular weight is 1400 g/mol. The summed E-state index contributed by atoms with van der Waals surface area (Å²) in [7, 11) is 8.59. The minimum atomic E-state index is -1.40. The number of amides is 12. The summed E-state index contributed by atoms with van der Waals surface area (Å²) in [6.45, 7) is 35.2. The number of nitrogens with zero attached hydrogens (tertiary/aromatic N) is 8. The number of hydrogen-bond donors (Lipinski definition) is 5. The molecule has 0 aromatic heterocycles. The highest BCUT2D eigenvalue weighted by Gasteiger charge is 2.55. The molecule has 5 N–H and O–H groups in total. The van der Waals surface area contributed by atoms with Crippen molar-refractivity contribution in [1.29, 1.82) is 0 Å². The van der Waals surface area contributed by atoms with Crippen molar-refractivity contribution >= 4 is 70.9 Å². The largest absolute Gasteiger partial charge is 0.379 e. The summed E-state index contributed by atoms with van der Waals surface area (Å²) in [5, 5.41) is 15.0. The fourth-order valence-corrected chi connectivity index (χ4v) is 13.1. The van der Waals surface area contributed by atoms with Gasteiger partial charge >= 0.3 is 0 Å². The monoisotopic (exact) mass is 1400 g/mol. The van der Waals surface area contributed by atoms with E-state index in [9.17, 15) is 28.8 Å². The topological polar surface area (TPSA) is 319 Å². The minimum absolute atomic E-state index is 0.0168. The van der Waals surface area contributed by atoms with E-state index in [-0.39, 0.29) is 68.4 Å². The molecule has 0 radical (unpaired) electrons. The molecule has 14 atom stereocenters. The molecule has 28 nitrogen and oxygen atoms in total. The van der Waals surface area contributed by atoms with Crippen LogP contribution >= 0.6 is 0 Å². The Hall–Kier alpha value is -6.52. The smallest absolute Gasteiger partial charge is 0.270 e. The molecule has 0 spiro atoms. The molecule has 0 aliphatic carbocycles. The van der Waals surface area contributed by atoms with Crippen molar-refractivity contribution in [2.45, 2.75) is 267 Å². The molecule has 0 unspecified atom stereocenters. The van der Waals surface area contributed by atoms with Crippen molar-refractivity contribution < 1.29 is 71.8 Å². The number of likely N-dealkylation sites (N-methyl/N-ethyl adjacent to an activating group) is 6. The van der Waals surface area contributed by atoms with Gasteiger partial charge in [-0.1, -0.05) is 83.1 Å². The van der Waals surface area contributed by atoms with Gasteiger partial charge in [-0.25, -0.2) is 5.06 Å². The van der Waals surface area contributed by atoms with Crippen LogP contribution in [0.3, 0.4) is 0 Å². The number of hydrogen-bond acceptors (Lipinski definition) is 16. The number of ether oxygens (including phenoxy) is 2. The molecule has 566 valence electrons. The highest BCUT2D eigenvalue weighted by atomic mass is 16.7. The Morgan fingerprint density at radius 1 is 0.525 bits per heavy atom. The van der Waals surface area contributed by atoms with Crippen LogP contribution in [0, 0.1) is 35.5 Å². The van der Waals surface area contributed by atoms with Gasteiger partial charge in [-0.2, -0.15) is 0 Å². The first-order chi connectivity index (χ1) is 46.1. The number of carbonyl (C=O) groups is 12. The number of carbonyl (C=O) groups excluding carboxylic acids is 12. The summed E-state index contributed by atoms with van der Waals surface area (Å²) >= 11 is 0. The van der Waals surface area contributed by atoms with Crippen molar-refractivity contribution in [2.24, 2.45) is 35.5 Å². The summed E-state index contributed by atoms with van der Waals surface area (Å²) in [5.41, 5.74) is 0. The maximum atomic E-state index is 15.3. The molecule has 3 rings (SSSR count). The van der Waals surface area contributed by atoms with Crippen LogP contribution in [0.15, 0.2) is 0 Å². The third-order valence-electron chi connectivity index (χ3n) is 19.3. The Labute approximate surface area is 590 Å². The van der Waals surface area contributed by atoms with Gasteiger partial charge in [-0.3, -0.25) is 67.3 Å². The summed E-state index contributed by atoms with van der Waals surface area (Å²) in [6.07, 6.45) is 0.850. The van der Waals surface area contributed by atoms with E-state index < -0.39 is 161 Å². The summed E-state index contributed by atoms with van der Waals surface area (Å²) in [4.78, 5) is 193. The third kappa shape index (κ3) is 24.3. The lowest BCUT2D eigenvalue weighted by atomic mass is 9.88. The summed E-state index contributed by atoms with van der Waals surface area (Å²) in [6, 6.07) is -14.0. The van der Waals surface area contributed by atoms with Gasteiger partial charge in [0.1, 0.15) is 66.5 Å². The van der Waals surface area contributed by atoms with Crippen LogP contribution in [-0.4, -0.2) is 277 Å². The molecule has 3 heterocycles. The van der Waals surface area contributed by atoms with Crippen LogP contribution in [0.2, 0.25) is 0 Å². The number of rotatable bonds is 22. The van der Waals surface area contributed by atoms with Gasteiger partial charge in [0.15, 0.2) is 6.04 Å². The third-order valence-corrected chi connectivity index (χ3v) is 19.3. The van der Waals surface area contributed by atoms with Crippen molar-refractivity contribution in [3.05, 3.63) is 0 Å². The van der Waals surface area contributed by atoms with Crippen LogP contribution in [0.1, 0.15) is 182 Å². The van der Waals surface area contributed by atoms with Crippen molar-refractivity contribution in [1.82, 2.24) is 65.9 Å². The van der Waals surface area contributed by atoms with Crippen molar-refractivity contribution in [3.8, 4) is 0 Å². The molecule has 0 bridgehead atoms. The minimum Gasteiger partial charge on any atom is -0.379 e. The predicted molar refractivity (Wildman–Crippen MR) is 376 cm³/mol. The van der Waals surface area contributed by atoms with E-state index in [1.165, 1.54) is 92.5 Å². The summed E-state index contributed by atoms with van der Waals surface area (Å²) < 4.78 is 11.9. The van der Waals surface area contributed by atoms with Crippen molar-refractivity contribution in [3.63, 3.8) is 0 Å². The molecule has 0 aromatic carbocycles. The van der Waals surface area contributed by atoms with Gasteiger partial charge in [-0.05, 0) is 135 Å². The number of nitrogens with one attached hydrogen (secondary N) is 5. The highest BCUT2D eigenvalue weighted by molar-refractivity contribution is 6.00. The zero-order valence-corrected chi connectivity index (χ0v) is 64.4. The van der Waals surface area contributed by atoms with Crippen LogP contribution in [-0.2, 0) is 71.8 Å². The Bertz CT molecular complexity index is 2730. The lowest BCUT2D eigenvalue weighted by Crippen LogP contribution is -2.72. The molecule has 3 aliphatic heterocycles. The molecular weight excluding hydrogens is 1270 g/mol. The highest BCUT2D eigenvalue weighted by Crippen LogP contribution is 2.34. The van der Waals surface area contributed by atoms with Gasteiger partial charge in [0, 0.05) is 74.4 Å². The van der Waals surface area contributed by atoms with E-state index in [0.29, 0.717) is 32.5 Å². The number of unbranched alkanes of at least 4 members (excludes halogenated alkanes) is 1. The van der Waals surface area contributed by atoms with E-state index in [1.54, 1.807) is 41.5 Å². The Morgan fingerprint density at radius 2 is 1.04 bits per heavy atom. The molecular formula is C71H127N13O15. The van der Waals surface area contributed by atoms with Gasteiger partial charge in [0.2, 0.25) is 65.0 Å². The van der Waals surface area contributed by atoms with Crippen LogP contribution in [0.4, 0.5) is 0 Å². The van der Waals surface area contributed by atoms with Gasteiger partial charge in [0.05, 0.1) is 19.3 Å². The first-order valence-electron chi connectivity index (χ1n) is 36.2. The van der Waals surface area contributed by atoms with Crippen LogP contribution in [0.25, 0.3) is 0 Å². The lowest BCUT2D eigenvalue weighted by molar-refractivity contribution is -0.322. The SMILES string of the molecule is CC[C@@H]1NC(=O)[C@@H]2[C@@H]([C@H](C)CCCC(=O)NC(C)C)ON2C(=O)[C@H](C(C)C)N(C)C(=O)[C@H](CC(C)C)N(C)C(=O)[C@H](CC(C)C)N(C)C(=O)[C@@H](C)NC(=O)[C@H](C)NC(=O)[C@H](CC(C)C)N(C)C(=O)[C@H](C(C)C)NC(=O)[C@H]([C@@H](C)OCCCCN2CCOCC2)N(C)C(=O)[C@@H](C)N(C)C1=O. The van der Waals surface area contributed by atoms with E-state index in [1.807, 2.05) is 62.3 Å². The molecule has 12 amide bonds. The summed E-state index contributed by atoms with van der Waals surface area (Å²) in [5.74, 6) is -9.90. The van der Waals surface area contributed by atoms with Crippen LogP contribution < -0.4 is 26.6 Å². The predicted octanol–water partition coefficient (Wildman–Crippen LogP) is 3.18. The fraction of sp³-hybridized carbons (Fsp3) is 0.831. The normalized spacial score (nSPS) is 27.7. The van der Waals surface area contributed by atoms with Gasteiger partial charge < -0.3 is 65.5 Å². The number of morpholine rings is 1. The van der Waals surface area contributed by atoms with E-state index in [4.69, 9.17) is 14.3 Å². The van der Waals surface area contributed by atoms with Gasteiger partial charge in [-0.15, -0.1) is 0 Å². The van der Waals surface area contributed by atoms with Crippen molar-refractivity contribution in [2.75, 3.05) is 81.7 Å². The second-order valence-corrected chi connectivity index (χ2v) is 30.1. The first-order valence-corrected chi connectivity index (χ1v) is 36.2. The molecule has 3 saturated heterocycles. The molecule has 3 fully saturated rings. The van der Waals surface area contributed by atoms with Crippen LogP contribution in [0.5, 0.6) is 0 Å². The average Bonchev–Trinajstić information content (AvgIpc) is 0.756. The second-order valence-electron chi connectivity index (χ2n) is 30.1. The Morgan fingerprint density at radius 3 is 1.57 bits per heavy atom. The Kier molecular flexibility index (Phi) is 35.2. The maximum absolute atomic E-state index is 15.3. The Balaban J connectivity index is 2.30. The lowest BCUT2D eigenvalue weighted by Gasteiger charge is -2.50. The van der Waals surface area contributed by atoms with Gasteiger partial charge in [0.25, 0.3) is 5.91 Å². The maximum Gasteiger partial charge on any atom is 0.270 e. The molecule has 99 heavy (non-hydrogen) atoms. The fourth-order valence-electron chi connectivity index (χ4n) is 13.1. The second kappa shape index (κ2) is 40.2. The zero-order valence-electron chi connectivity index (χ0n) is 64.4. The van der Waals surface area contributed by atoms with E-state index >= 15 is 28.8 Å². The quantitative estimate of drug-likeness (QED) is 0.0972. The molecule has 28 heteroatoms. The first kappa shape index (κ1) is 86.7. The molecule has 0 saturated carbocycles.